The second-order valence-corrected chi connectivity index (χ2v) is 8.80. The van der Waals surface area contributed by atoms with Crippen LogP contribution in [-0.2, 0) is 16.4 Å². The Morgan fingerprint density at radius 2 is 2.00 bits per heavy atom. The van der Waals surface area contributed by atoms with Crippen LogP contribution in [0.5, 0.6) is 5.75 Å². The van der Waals surface area contributed by atoms with Crippen LogP contribution in [0, 0.1) is 5.92 Å². The molecule has 0 amide bonds. The van der Waals surface area contributed by atoms with Crippen molar-refractivity contribution in [3.63, 3.8) is 0 Å². The lowest BCUT2D eigenvalue weighted by Gasteiger charge is -2.35. The molecule has 3 atom stereocenters. The van der Waals surface area contributed by atoms with Gasteiger partial charge in [-0.15, -0.1) is 0 Å². The van der Waals surface area contributed by atoms with Crippen LogP contribution in [0.1, 0.15) is 24.8 Å². The van der Waals surface area contributed by atoms with Crippen molar-refractivity contribution in [2.75, 3.05) is 20.7 Å². The Kier molecular flexibility index (Phi) is 4.76. The summed E-state index contributed by atoms with van der Waals surface area (Å²) >= 11 is 0. The van der Waals surface area contributed by atoms with Crippen molar-refractivity contribution in [3.05, 3.63) is 29.8 Å². The van der Waals surface area contributed by atoms with Crippen molar-refractivity contribution in [1.29, 1.82) is 0 Å². The normalized spacial score (nSPS) is 27.2. The maximum absolute atomic E-state index is 12.8. The molecule has 1 aromatic rings. The molecule has 1 heterocycles. The molecule has 1 aliphatic heterocycles. The van der Waals surface area contributed by atoms with E-state index in [1.807, 2.05) is 0 Å². The first-order valence-corrected chi connectivity index (χ1v) is 9.51. The topological polar surface area (TPSA) is 49.9 Å². The van der Waals surface area contributed by atoms with Gasteiger partial charge >= 0.3 is 6.18 Å². The fraction of sp³-hybridized carbons (Fsp3) is 0.625. The third-order valence-corrected chi connectivity index (χ3v) is 7.01. The number of halogens is 3. The predicted octanol–water partition coefficient (Wildman–Crippen LogP) is 2.74. The molecule has 0 spiro atoms. The van der Waals surface area contributed by atoms with E-state index in [2.05, 4.69) is 0 Å². The minimum absolute atomic E-state index is 0.0486. The monoisotopic (exact) mass is 378 g/mol. The Balaban J connectivity index is 1.76. The van der Waals surface area contributed by atoms with Crippen molar-refractivity contribution >= 4 is 10.2 Å². The van der Waals surface area contributed by atoms with Gasteiger partial charge in [-0.05, 0) is 43.4 Å². The highest BCUT2D eigenvalue weighted by Crippen LogP contribution is 2.44. The van der Waals surface area contributed by atoms with Crippen molar-refractivity contribution in [2.24, 2.45) is 5.92 Å². The molecule has 3 rings (SSSR count). The van der Waals surface area contributed by atoms with Crippen molar-refractivity contribution in [2.45, 2.75) is 37.5 Å². The van der Waals surface area contributed by atoms with E-state index in [1.165, 1.54) is 34.8 Å². The molecular weight excluding hydrogens is 357 g/mol. The van der Waals surface area contributed by atoms with E-state index in [9.17, 15) is 21.6 Å². The van der Waals surface area contributed by atoms with Gasteiger partial charge in [-0.3, -0.25) is 0 Å². The first kappa shape index (κ1) is 18.5. The van der Waals surface area contributed by atoms with Gasteiger partial charge in [0.1, 0.15) is 12.4 Å². The third-order valence-electron chi connectivity index (χ3n) is 4.99. The lowest BCUT2D eigenvalue weighted by atomic mass is 10.0. The molecule has 1 aromatic carbocycles. The van der Waals surface area contributed by atoms with Gasteiger partial charge in [0, 0.05) is 20.1 Å². The van der Waals surface area contributed by atoms with Crippen LogP contribution in [0.15, 0.2) is 24.3 Å². The summed E-state index contributed by atoms with van der Waals surface area (Å²) in [6.07, 6.45) is -1.92. The molecule has 1 aliphatic carbocycles. The molecular formula is C16H21F3N2O3S. The molecule has 0 N–H and O–H groups in total. The number of benzene rings is 1. The summed E-state index contributed by atoms with van der Waals surface area (Å²) in [5.74, 6) is 0.283. The fourth-order valence-corrected chi connectivity index (χ4v) is 5.27. The number of ether oxygens (including phenoxy) is 1. The van der Waals surface area contributed by atoms with Crippen LogP contribution in [0.25, 0.3) is 0 Å². The lowest BCUT2D eigenvalue weighted by Crippen LogP contribution is -2.51. The summed E-state index contributed by atoms with van der Waals surface area (Å²) in [5.41, 5.74) is -0.782. The molecule has 2 bridgehead atoms. The minimum atomic E-state index is -4.44. The zero-order valence-electron chi connectivity index (χ0n) is 14.0. The van der Waals surface area contributed by atoms with Crippen molar-refractivity contribution < 1.29 is 26.3 Å². The average molecular weight is 378 g/mol. The van der Waals surface area contributed by atoms with E-state index in [0.717, 1.165) is 31.4 Å². The standard InChI is InChI=1S/C16H21F3N2O3S/c1-20(2)25(22,23)21-13-7-6-11(8-13)15(21)10-24-14-5-3-4-12(9-14)16(17,18)19/h3-5,9,11,13,15H,6-8,10H2,1-2H3/t11-,13-,15-/m1/s1. The van der Waals surface area contributed by atoms with Crippen LogP contribution in [0.4, 0.5) is 13.2 Å². The van der Waals surface area contributed by atoms with Gasteiger partial charge in [-0.1, -0.05) is 6.07 Å². The molecule has 1 saturated carbocycles. The maximum Gasteiger partial charge on any atom is 0.416 e. The first-order valence-electron chi connectivity index (χ1n) is 8.11. The number of nitrogens with zero attached hydrogens (tertiary/aromatic N) is 2. The quantitative estimate of drug-likeness (QED) is 0.792. The Labute approximate surface area is 145 Å². The fourth-order valence-electron chi connectivity index (χ4n) is 3.75. The number of hydrogen-bond acceptors (Lipinski definition) is 3. The van der Waals surface area contributed by atoms with Gasteiger partial charge in [0.05, 0.1) is 11.6 Å². The number of piperidine rings is 1. The Morgan fingerprint density at radius 3 is 2.64 bits per heavy atom. The maximum atomic E-state index is 12.8. The molecule has 0 aromatic heterocycles. The number of alkyl halides is 3. The van der Waals surface area contributed by atoms with Crippen LogP contribution in [0.3, 0.4) is 0 Å². The number of rotatable bonds is 5. The van der Waals surface area contributed by atoms with Crippen LogP contribution in [-0.4, -0.2) is 49.8 Å². The lowest BCUT2D eigenvalue weighted by molar-refractivity contribution is -0.137. The zero-order valence-corrected chi connectivity index (χ0v) is 14.8. The van der Waals surface area contributed by atoms with Crippen LogP contribution < -0.4 is 4.74 Å². The summed E-state index contributed by atoms with van der Waals surface area (Å²) in [4.78, 5) is 0. The molecule has 2 fully saturated rings. The van der Waals surface area contributed by atoms with E-state index in [-0.39, 0.29) is 30.4 Å². The highest BCUT2D eigenvalue weighted by Gasteiger charge is 2.52. The van der Waals surface area contributed by atoms with Gasteiger partial charge in [-0.25, -0.2) is 0 Å². The molecule has 9 heteroatoms. The zero-order chi connectivity index (χ0) is 18.4. The average Bonchev–Trinajstić information content (AvgIpc) is 3.13. The summed E-state index contributed by atoms with van der Waals surface area (Å²) in [6, 6.07) is 4.26. The predicted molar refractivity (Wildman–Crippen MR) is 86.3 cm³/mol. The number of hydrogen-bond donors (Lipinski definition) is 0. The van der Waals surface area contributed by atoms with Gasteiger partial charge in [0.2, 0.25) is 0 Å². The second-order valence-electron chi connectivity index (χ2n) is 6.75. The Bertz CT molecular complexity index is 736. The van der Waals surface area contributed by atoms with Crippen LogP contribution >= 0.6 is 0 Å². The summed E-state index contributed by atoms with van der Waals surface area (Å²) in [7, 11) is -0.629. The molecule has 25 heavy (non-hydrogen) atoms. The summed E-state index contributed by atoms with van der Waals surface area (Å²) in [5, 5.41) is 0. The highest BCUT2D eigenvalue weighted by atomic mass is 32.2. The summed E-state index contributed by atoms with van der Waals surface area (Å²) < 4.78 is 71.7. The molecule has 0 radical (unpaired) electrons. The van der Waals surface area contributed by atoms with E-state index < -0.39 is 21.9 Å². The largest absolute Gasteiger partial charge is 0.492 e. The Hall–Kier alpha value is -1.32. The van der Waals surface area contributed by atoms with E-state index in [0.29, 0.717) is 0 Å². The van der Waals surface area contributed by atoms with E-state index in [1.54, 1.807) is 0 Å². The molecule has 2 aliphatic rings. The van der Waals surface area contributed by atoms with Crippen molar-refractivity contribution in [1.82, 2.24) is 8.61 Å². The van der Waals surface area contributed by atoms with E-state index >= 15 is 0 Å². The molecule has 0 unspecified atom stereocenters. The first-order chi connectivity index (χ1) is 11.6. The van der Waals surface area contributed by atoms with Gasteiger partial charge in [0.15, 0.2) is 0 Å². The number of fused-ring (bicyclic) bond motifs is 2. The Morgan fingerprint density at radius 1 is 1.28 bits per heavy atom. The van der Waals surface area contributed by atoms with Crippen LogP contribution in [0.2, 0.25) is 0 Å². The molecule has 1 saturated heterocycles. The molecule has 5 nitrogen and oxygen atoms in total. The minimum Gasteiger partial charge on any atom is -0.492 e. The summed E-state index contributed by atoms with van der Waals surface area (Å²) in [6.45, 7) is 0.0511. The van der Waals surface area contributed by atoms with Gasteiger partial charge in [-0.2, -0.15) is 30.2 Å². The van der Waals surface area contributed by atoms with E-state index in [4.69, 9.17) is 4.74 Å². The SMILES string of the molecule is CN(C)S(=O)(=O)N1[C@@H]2CC[C@H](C2)[C@H]1COc1cccc(C(F)(F)F)c1. The van der Waals surface area contributed by atoms with Gasteiger partial charge < -0.3 is 4.74 Å². The highest BCUT2D eigenvalue weighted by molar-refractivity contribution is 7.86. The smallest absolute Gasteiger partial charge is 0.416 e. The third kappa shape index (κ3) is 3.50. The second kappa shape index (κ2) is 6.44. The van der Waals surface area contributed by atoms with Crippen molar-refractivity contribution in [3.8, 4) is 5.75 Å². The molecule has 140 valence electrons. The van der Waals surface area contributed by atoms with Gasteiger partial charge in [0.25, 0.3) is 10.2 Å².